The number of hydrogen-bond acceptors (Lipinski definition) is 4. The molecule has 0 aliphatic heterocycles. The number of para-hydroxylation sites is 1. The van der Waals surface area contributed by atoms with Gasteiger partial charge in [-0.15, -0.1) is 0 Å². The van der Waals surface area contributed by atoms with Crippen LogP contribution in [0.3, 0.4) is 0 Å². The van der Waals surface area contributed by atoms with Gasteiger partial charge in [0.1, 0.15) is 0 Å². The predicted octanol–water partition coefficient (Wildman–Crippen LogP) is 2.94. The van der Waals surface area contributed by atoms with Gasteiger partial charge >= 0.3 is 5.97 Å². The molecule has 0 saturated carbocycles. The van der Waals surface area contributed by atoms with Crippen molar-refractivity contribution in [3.63, 3.8) is 0 Å². The first-order valence-electron chi connectivity index (χ1n) is 6.87. The van der Waals surface area contributed by atoms with E-state index in [1.807, 2.05) is 0 Å². The lowest BCUT2D eigenvalue weighted by molar-refractivity contribution is -0.118. The van der Waals surface area contributed by atoms with E-state index in [9.17, 15) is 14.0 Å². The van der Waals surface area contributed by atoms with Gasteiger partial charge in [0.2, 0.25) is 0 Å². The van der Waals surface area contributed by atoms with Gasteiger partial charge in [-0.2, -0.15) is 0 Å². The Hall–Kier alpha value is -2.89. The zero-order chi connectivity index (χ0) is 16.8. The summed E-state index contributed by atoms with van der Waals surface area (Å²) in [5, 5.41) is 2.63. The molecule has 1 amide bonds. The molecule has 120 valence electrons. The van der Waals surface area contributed by atoms with Crippen molar-refractivity contribution < 1.29 is 23.5 Å². The number of benzene rings is 2. The van der Waals surface area contributed by atoms with Crippen molar-refractivity contribution in [3.05, 3.63) is 59.4 Å². The van der Waals surface area contributed by atoms with E-state index in [0.29, 0.717) is 11.3 Å². The molecule has 0 atom stereocenters. The topological polar surface area (TPSA) is 64.6 Å². The van der Waals surface area contributed by atoms with Crippen LogP contribution in [0.5, 0.6) is 5.75 Å². The Balaban J connectivity index is 2.02. The lowest BCUT2D eigenvalue weighted by Gasteiger charge is -2.11. The molecule has 1 N–H and O–H groups in total. The highest BCUT2D eigenvalue weighted by Crippen LogP contribution is 2.18. The fraction of sp³-hybridized carbons (Fsp3) is 0.176. The first kappa shape index (κ1) is 16.5. The number of amides is 1. The fourth-order valence-corrected chi connectivity index (χ4v) is 1.89. The van der Waals surface area contributed by atoms with E-state index in [4.69, 9.17) is 4.74 Å². The van der Waals surface area contributed by atoms with Gasteiger partial charge in [0.25, 0.3) is 5.91 Å². The molecule has 6 heteroatoms. The summed E-state index contributed by atoms with van der Waals surface area (Å²) in [7, 11) is 1.28. The van der Waals surface area contributed by atoms with Crippen molar-refractivity contribution in [2.24, 2.45) is 0 Å². The first-order chi connectivity index (χ1) is 11.0. The summed E-state index contributed by atoms with van der Waals surface area (Å²) in [6.07, 6.45) is 0. The normalized spacial score (nSPS) is 10.0. The largest absolute Gasteiger partial charge is 0.481 e. The molecule has 0 aliphatic carbocycles. The minimum absolute atomic E-state index is 0.00248. The molecule has 0 bridgehead atoms. The summed E-state index contributed by atoms with van der Waals surface area (Å²) in [6, 6.07) is 10.6. The number of ether oxygens (including phenoxy) is 2. The Morgan fingerprint density at radius 2 is 1.91 bits per heavy atom. The highest BCUT2D eigenvalue weighted by atomic mass is 19.1. The zero-order valence-corrected chi connectivity index (χ0v) is 12.8. The van der Waals surface area contributed by atoms with Gasteiger partial charge in [-0.05, 0) is 36.8 Å². The summed E-state index contributed by atoms with van der Waals surface area (Å²) in [5.41, 5.74) is 1.57. The van der Waals surface area contributed by atoms with Crippen molar-refractivity contribution in [2.45, 2.75) is 6.92 Å². The monoisotopic (exact) mass is 317 g/mol. The van der Waals surface area contributed by atoms with Crippen LogP contribution in [0.2, 0.25) is 0 Å². The molecule has 0 aliphatic rings. The molecule has 23 heavy (non-hydrogen) atoms. The van der Waals surface area contributed by atoms with Crippen LogP contribution in [0.4, 0.5) is 10.1 Å². The van der Waals surface area contributed by atoms with E-state index in [0.717, 1.165) is 5.56 Å². The number of aryl methyl sites for hydroxylation is 1. The van der Waals surface area contributed by atoms with Gasteiger partial charge in [0.05, 0.1) is 12.7 Å². The maximum absolute atomic E-state index is 13.4. The molecule has 2 rings (SSSR count). The molecule has 2 aromatic rings. The van der Waals surface area contributed by atoms with E-state index in [1.165, 1.54) is 31.4 Å². The van der Waals surface area contributed by atoms with Gasteiger partial charge in [-0.3, -0.25) is 4.79 Å². The van der Waals surface area contributed by atoms with E-state index in [-0.39, 0.29) is 12.4 Å². The Kier molecular flexibility index (Phi) is 5.30. The maximum Gasteiger partial charge on any atom is 0.337 e. The summed E-state index contributed by atoms with van der Waals surface area (Å²) in [5.74, 6) is -1.49. The third kappa shape index (κ3) is 4.29. The summed E-state index contributed by atoms with van der Waals surface area (Å²) < 4.78 is 23.2. The van der Waals surface area contributed by atoms with Crippen molar-refractivity contribution in [1.29, 1.82) is 0 Å². The average molecular weight is 317 g/mol. The highest BCUT2D eigenvalue weighted by Gasteiger charge is 2.11. The SMILES string of the molecule is COC(=O)c1ccc(C)c(NC(=O)COc2ccccc2F)c1. The Bertz CT molecular complexity index is 730. The molecule has 0 fully saturated rings. The van der Waals surface area contributed by atoms with E-state index in [1.54, 1.807) is 25.1 Å². The minimum Gasteiger partial charge on any atom is -0.481 e. The number of hydrogen-bond donors (Lipinski definition) is 1. The molecule has 0 heterocycles. The molecule has 2 aromatic carbocycles. The zero-order valence-electron chi connectivity index (χ0n) is 12.8. The lowest BCUT2D eigenvalue weighted by Crippen LogP contribution is -2.21. The number of esters is 1. The molecular formula is C17H16FNO4. The van der Waals surface area contributed by atoms with E-state index in [2.05, 4.69) is 10.1 Å². The Morgan fingerprint density at radius 1 is 1.17 bits per heavy atom. The predicted molar refractivity (Wildman–Crippen MR) is 83.0 cm³/mol. The van der Waals surface area contributed by atoms with Gasteiger partial charge in [0.15, 0.2) is 18.2 Å². The van der Waals surface area contributed by atoms with Crippen LogP contribution in [0, 0.1) is 12.7 Å². The summed E-state index contributed by atoms with van der Waals surface area (Å²) in [6.45, 7) is 1.44. The number of anilines is 1. The second kappa shape index (κ2) is 7.40. The highest BCUT2D eigenvalue weighted by molar-refractivity contribution is 5.95. The fourth-order valence-electron chi connectivity index (χ4n) is 1.89. The molecule has 0 spiro atoms. The summed E-state index contributed by atoms with van der Waals surface area (Å²) >= 11 is 0. The van der Waals surface area contributed by atoms with Crippen LogP contribution >= 0.6 is 0 Å². The second-order valence-corrected chi connectivity index (χ2v) is 4.79. The van der Waals surface area contributed by atoms with Crippen molar-refractivity contribution in [2.75, 3.05) is 19.0 Å². The van der Waals surface area contributed by atoms with Crippen LogP contribution in [0.1, 0.15) is 15.9 Å². The standard InChI is InChI=1S/C17H16FNO4/c1-11-7-8-12(17(21)22-2)9-14(11)19-16(20)10-23-15-6-4-3-5-13(15)18/h3-9H,10H2,1-2H3,(H,19,20). The molecule has 5 nitrogen and oxygen atoms in total. The number of carbonyl (C=O) groups excluding carboxylic acids is 2. The van der Waals surface area contributed by atoms with Crippen molar-refractivity contribution in [3.8, 4) is 5.75 Å². The molecular weight excluding hydrogens is 301 g/mol. The van der Waals surface area contributed by atoms with Crippen LogP contribution in [-0.2, 0) is 9.53 Å². The summed E-state index contributed by atoms with van der Waals surface area (Å²) in [4.78, 5) is 23.4. The van der Waals surface area contributed by atoms with Crippen LogP contribution in [-0.4, -0.2) is 25.6 Å². The van der Waals surface area contributed by atoms with Gasteiger partial charge < -0.3 is 14.8 Å². The lowest BCUT2D eigenvalue weighted by atomic mass is 10.1. The molecule has 0 radical (unpaired) electrons. The average Bonchev–Trinajstić information content (AvgIpc) is 2.55. The Morgan fingerprint density at radius 3 is 2.61 bits per heavy atom. The van der Waals surface area contributed by atoms with Crippen LogP contribution in [0.25, 0.3) is 0 Å². The minimum atomic E-state index is -0.538. The number of nitrogens with one attached hydrogen (secondary N) is 1. The van der Waals surface area contributed by atoms with E-state index < -0.39 is 17.7 Å². The maximum atomic E-state index is 13.4. The van der Waals surface area contributed by atoms with Gasteiger partial charge in [-0.1, -0.05) is 18.2 Å². The second-order valence-electron chi connectivity index (χ2n) is 4.79. The van der Waals surface area contributed by atoms with Gasteiger partial charge in [-0.25, -0.2) is 9.18 Å². The molecule has 0 unspecified atom stereocenters. The van der Waals surface area contributed by atoms with E-state index >= 15 is 0 Å². The quantitative estimate of drug-likeness (QED) is 0.861. The number of carbonyl (C=O) groups is 2. The molecule has 0 aromatic heterocycles. The Labute approximate surface area is 133 Å². The molecule has 0 saturated heterocycles. The third-order valence-corrected chi connectivity index (χ3v) is 3.13. The van der Waals surface area contributed by atoms with Crippen LogP contribution in [0.15, 0.2) is 42.5 Å². The van der Waals surface area contributed by atoms with Crippen LogP contribution < -0.4 is 10.1 Å². The number of halogens is 1. The van der Waals surface area contributed by atoms with Crippen molar-refractivity contribution >= 4 is 17.6 Å². The smallest absolute Gasteiger partial charge is 0.337 e. The van der Waals surface area contributed by atoms with Gasteiger partial charge in [0, 0.05) is 5.69 Å². The first-order valence-corrected chi connectivity index (χ1v) is 6.87. The van der Waals surface area contributed by atoms with Crippen molar-refractivity contribution in [1.82, 2.24) is 0 Å². The number of methoxy groups -OCH3 is 1. The number of rotatable bonds is 5. The third-order valence-electron chi connectivity index (χ3n) is 3.13.